The average molecular weight is 436 g/mol. The minimum atomic E-state index is -0.870. The van der Waals surface area contributed by atoms with E-state index in [9.17, 15) is 9.59 Å². The molecule has 1 atom stereocenters. The van der Waals surface area contributed by atoms with Gasteiger partial charge < -0.3 is 19.6 Å². The Bertz CT molecular complexity index is 1240. The van der Waals surface area contributed by atoms with Gasteiger partial charge in [-0.2, -0.15) is 0 Å². The molecular formula is C23H24N4O5. The van der Waals surface area contributed by atoms with Gasteiger partial charge in [-0.25, -0.2) is 4.68 Å². The van der Waals surface area contributed by atoms with Gasteiger partial charge in [0.25, 0.3) is 11.5 Å². The van der Waals surface area contributed by atoms with Gasteiger partial charge in [0.1, 0.15) is 17.2 Å². The number of rotatable bonds is 6. The topological polar surface area (TPSA) is 96.1 Å². The number of carbonyl (C=O) groups is 1. The normalized spacial score (nSPS) is 15.1. The Morgan fingerprint density at radius 1 is 1.16 bits per heavy atom. The molecule has 32 heavy (non-hydrogen) atoms. The van der Waals surface area contributed by atoms with Crippen LogP contribution in [0.15, 0.2) is 58.5 Å². The van der Waals surface area contributed by atoms with Crippen LogP contribution in [0.2, 0.25) is 0 Å². The molecule has 0 saturated carbocycles. The lowest BCUT2D eigenvalue weighted by atomic mass is 10.0. The molecule has 1 N–H and O–H groups in total. The summed E-state index contributed by atoms with van der Waals surface area (Å²) in [7, 11) is 4.89. The number of hydrogen-bond acceptors (Lipinski definition) is 6. The fraction of sp³-hybridized carbons (Fsp3) is 0.261. The first kappa shape index (κ1) is 21.2. The monoisotopic (exact) mass is 436 g/mol. The number of anilines is 1. The van der Waals surface area contributed by atoms with E-state index in [1.807, 2.05) is 30.3 Å². The molecule has 0 saturated heterocycles. The quantitative estimate of drug-likeness (QED) is 0.641. The lowest BCUT2D eigenvalue weighted by Crippen LogP contribution is -2.30. The van der Waals surface area contributed by atoms with Crippen molar-refractivity contribution in [3.05, 3.63) is 70.1 Å². The van der Waals surface area contributed by atoms with Crippen LogP contribution in [-0.4, -0.2) is 41.3 Å². The maximum atomic E-state index is 13.0. The summed E-state index contributed by atoms with van der Waals surface area (Å²) in [4.78, 5) is 31.3. The Balaban J connectivity index is 1.54. The van der Waals surface area contributed by atoms with Crippen LogP contribution in [0.1, 0.15) is 17.7 Å². The van der Waals surface area contributed by atoms with Crippen LogP contribution in [-0.2, 0) is 16.7 Å². The van der Waals surface area contributed by atoms with Gasteiger partial charge in [0.05, 0.1) is 31.3 Å². The van der Waals surface area contributed by atoms with E-state index in [1.54, 1.807) is 51.1 Å². The number of nitrogens with one attached hydrogen (secondary N) is 1. The third kappa shape index (κ3) is 3.73. The highest BCUT2D eigenvalue weighted by atomic mass is 16.6. The van der Waals surface area contributed by atoms with Gasteiger partial charge >= 0.3 is 0 Å². The maximum absolute atomic E-state index is 13.0. The highest BCUT2D eigenvalue weighted by Crippen LogP contribution is 2.29. The number of hydrogen-bond donors (Lipinski definition) is 1. The number of ether oxygens (including phenoxy) is 2. The van der Waals surface area contributed by atoms with E-state index in [4.69, 9.17) is 14.3 Å². The summed E-state index contributed by atoms with van der Waals surface area (Å²) >= 11 is 0. The second kappa shape index (κ2) is 8.62. The van der Waals surface area contributed by atoms with Gasteiger partial charge in [0.2, 0.25) is 6.10 Å². The zero-order chi connectivity index (χ0) is 22.8. The van der Waals surface area contributed by atoms with E-state index in [2.05, 4.69) is 10.5 Å². The van der Waals surface area contributed by atoms with E-state index < -0.39 is 12.0 Å². The summed E-state index contributed by atoms with van der Waals surface area (Å²) < 4.78 is 13.9. The third-order valence-electron chi connectivity index (χ3n) is 5.48. The van der Waals surface area contributed by atoms with Crippen molar-refractivity contribution in [2.75, 3.05) is 19.5 Å². The third-order valence-corrected chi connectivity index (χ3v) is 5.48. The zero-order valence-electron chi connectivity index (χ0n) is 18.3. The van der Waals surface area contributed by atoms with Gasteiger partial charge in [0, 0.05) is 19.0 Å². The Kier molecular flexibility index (Phi) is 5.72. The number of nitrogens with zero attached hydrogens (tertiary/aromatic N) is 3. The van der Waals surface area contributed by atoms with E-state index in [0.29, 0.717) is 34.2 Å². The molecule has 9 heteroatoms. The van der Waals surface area contributed by atoms with Crippen LogP contribution in [0.5, 0.6) is 11.5 Å². The van der Waals surface area contributed by atoms with Gasteiger partial charge in [-0.1, -0.05) is 23.4 Å². The van der Waals surface area contributed by atoms with Gasteiger partial charge in [-0.3, -0.25) is 14.3 Å². The molecule has 1 aromatic heterocycles. The first-order chi connectivity index (χ1) is 15.4. The van der Waals surface area contributed by atoms with Crippen molar-refractivity contribution in [3.63, 3.8) is 0 Å². The lowest BCUT2D eigenvalue weighted by Gasteiger charge is -2.10. The fourth-order valence-electron chi connectivity index (χ4n) is 3.63. The van der Waals surface area contributed by atoms with Gasteiger partial charge in [-0.15, -0.1) is 0 Å². The number of benzene rings is 2. The largest absolute Gasteiger partial charge is 0.497 e. The molecule has 2 aromatic carbocycles. The van der Waals surface area contributed by atoms with E-state index in [1.165, 1.54) is 4.68 Å². The molecule has 0 fully saturated rings. The van der Waals surface area contributed by atoms with Crippen molar-refractivity contribution in [1.29, 1.82) is 0 Å². The van der Waals surface area contributed by atoms with Crippen molar-refractivity contribution in [2.45, 2.75) is 19.4 Å². The van der Waals surface area contributed by atoms with Gasteiger partial charge in [0.15, 0.2) is 0 Å². The van der Waals surface area contributed by atoms with Crippen molar-refractivity contribution in [3.8, 4) is 17.2 Å². The summed E-state index contributed by atoms with van der Waals surface area (Å²) in [5, 5.41) is 6.81. The molecular weight excluding hydrogens is 412 g/mol. The summed E-state index contributed by atoms with van der Waals surface area (Å²) in [6, 6.07) is 14.5. The Morgan fingerprint density at radius 3 is 2.59 bits per heavy atom. The van der Waals surface area contributed by atoms with Crippen molar-refractivity contribution >= 4 is 17.3 Å². The average Bonchev–Trinajstić information content (AvgIpc) is 3.39. The van der Waals surface area contributed by atoms with E-state index >= 15 is 0 Å². The molecule has 9 nitrogen and oxygen atoms in total. The molecule has 1 amide bonds. The summed E-state index contributed by atoms with van der Waals surface area (Å²) in [5.41, 5.74) is 2.46. The number of amides is 1. The standard InChI is InChI=1S/C23H24N4O5/c1-14-21(23(29)27(26(14)2)15-8-6-5-7-9-15)24-22(28)20-13-18(25-32-20)17-12-16(30-3)10-11-19(17)31-4/h5-12,20H,13H2,1-4H3,(H,24,28)/t20-/m1/s1. The number of oxime groups is 1. The second-order valence-corrected chi connectivity index (χ2v) is 7.33. The summed E-state index contributed by atoms with van der Waals surface area (Å²) in [5.74, 6) is 0.785. The predicted octanol–water partition coefficient (Wildman–Crippen LogP) is 2.63. The number of carbonyl (C=O) groups excluding carboxylic acids is 1. The van der Waals surface area contributed by atoms with Crippen LogP contribution in [0.3, 0.4) is 0 Å². The van der Waals surface area contributed by atoms with Crippen LogP contribution in [0, 0.1) is 6.92 Å². The highest BCUT2D eigenvalue weighted by molar-refractivity contribution is 6.07. The number of para-hydroxylation sites is 1. The first-order valence-corrected chi connectivity index (χ1v) is 10.0. The lowest BCUT2D eigenvalue weighted by molar-refractivity contribution is -0.125. The van der Waals surface area contributed by atoms with Crippen LogP contribution < -0.4 is 20.3 Å². The van der Waals surface area contributed by atoms with Crippen LogP contribution in [0.4, 0.5) is 5.69 Å². The second-order valence-electron chi connectivity index (χ2n) is 7.33. The smallest absolute Gasteiger partial charge is 0.295 e. The molecule has 0 aliphatic carbocycles. The minimum absolute atomic E-state index is 0.206. The highest BCUT2D eigenvalue weighted by Gasteiger charge is 2.32. The van der Waals surface area contributed by atoms with Crippen molar-refractivity contribution < 1.29 is 19.1 Å². The van der Waals surface area contributed by atoms with Crippen molar-refractivity contribution in [1.82, 2.24) is 9.36 Å². The molecule has 2 heterocycles. The molecule has 166 valence electrons. The summed E-state index contributed by atoms with van der Waals surface area (Å²) in [6.45, 7) is 1.77. The number of aromatic nitrogens is 2. The molecule has 4 rings (SSSR count). The van der Waals surface area contributed by atoms with E-state index in [0.717, 1.165) is 0 Å². The molecule has 3 aromatic rings. The molecule has 1 aliphatic heterocycles. The summed E-state index contributed by atoms with van der Waals surface area (Å²) in [6.07, 6.45) is -0.640. The van der Waals surface area contributed by atoms with E-state index in [-0.39, 0.29) is 17.7 Å². The molecule has 0 spiro atoms. The predicted molar refractivity (Wildman–Crippen MR) is 120 cm³/mol. The first-order valence-electron chi connectivity index (χ1n) is 10.0. The molecule has 0 unspecified atom stereocenters. The maximum Gasteiger partial charge on any atom is 0.295 e. The van der Waals surface area contributed by atoms with Crippen LogP contribution >= 0.6 is 0 Å². The molecule has 1 aliphatic rings. The van der Waals surface area contributed by atoms with Crippen LogP contribution in [0.25, 0.3) is 5.69 Å². The molecule has 0 radical (unpaired) electrons. The Morgan fingerprint density at radius 2 is 1.91 bits per heavy atom. The Hall–Kier alpha value is -4.01. The minimum Gasteiger partial charge on any atom is -0.497 e. The molecule has 0 bridgehead atoms. The Labute approximate surface area is 184 Å². The van der Waals surface area contributed by atoms with Crippen molar-refractivity contribution in [2.24, 2.45) is 12.2 Å². The fourth-order valence-corrected chi connectivity index (χ4v) is 3.63. The zero-order valence-corrected chi connectivity index (χ0v) is 18.3. The number of methoxy groups -OCH3 is 2. The van der Waals surface area contributed by atoms with Gasteiger partial charge in [-0.05, 0) is 37.3 Å². The SMILES string of the molecule is COc1ccc(OC)c(C2=NO[C@@H](C(=O)Nc3c(C)n(C)n(-c4ccccc4)c3=O)C2)c1.